The molecule has 1 atom stereocenters. The Kier molecular flexibility index (Phi) is 4.29. The van der Waals surface area contributed by atoms with Crippen molar-refractivity contribution in [2.24, 2.45) is 0 Å². The van der Waals surface area contributed by atoms with Gasteiger partial charge in [-0.2, -0.15) is 0 Å². The van der Waals surface area contributed by atoms with E-state index in [0.717, 1.165) is 37.2 Å². The van der Waals surface area contributed by atoms with Crippen molar-refractivity contribution in [1.29, 1.82) is 0 Å². The van der Waals surface area contributed by atoms with E-state index in [1.165, 1.54) is 17.7 Å². The standard InChI is InChI=1S/C16H20N2O3S/c1-3-11(2)18-15(19)13(22-16(18)20)10-12-6-7-14(21-12)17-8-4-5-9-17/h6-7,10-11H,3-5,8-9H2,1-2H3/b13-10+/t11-/m1/s1. The summed E-state index contributed by atoms with van der Waals surface area (Å²) in [5, 5.41) is -0.197. The summed E-state index contributed by atoms with van der Waals surface area (Å²) >= 11 is 0.987. The van der Waals surface area contributed by atoms with Crippen LogP contribution in [0.4, 0.5) is 10.7 Å². The SMILES string of the molecule is CC[C@@H](C)N1C(=O)S/C(=C/c2ccc(N3CCCC3)o2)C1=O. The number of thioether (sulfide) groups is 1. The van der Waals surface area contributed by atoms with E-state index in [1.54, 1.807) is 6.08 Å². The zero-order valence-corrected chi connectivity index (χ0v) is 13.7. The number of carbonyl (C=O) groups excluding carboxylic acids is 2. The zero-order valence-electron chi connectivity index (χ0n) is 12.9. The molecule has 0 N–H and O–H groups in total. The molecule has 2 saturated heterocycles. The van der Waals surface area contributed by atoms with E-state index in [4.69, 9.17) is 4.42 Å². The van der Waals surface area contributed by atoms with E-state index in [1.807, 2.05) is 26.0 Å². The van der Waals surface area contributed by atoms with E-state index in [2.05, 4.69) is 4.90 Å². The largest absolute Gasteiger partial charge is 0.441 e. The fraction of sp³-hybridized carbons (Fsp3) is 0.500. The molecule has 5 nitrogen and oxygen atoms in total. The lowest BCUT2D eigenvalue weighted by Gasteiger charge is -2.19. The summed E-state index contributed by atoms with van der Waals surface area (Å²) in [5.74, 6) is 1.24. The summed E-state index contributed by atoms with van der Waals surface area (Å²) in [7, 11) is 0. The van der Waals surface area contributed by atoms with E-state index >= 15 is 0 Å². The predicted molar refractivity (Wildman–Crippen MR) is 87.7 cm³/mol. The maximum absolute atomic E-state index is 12.3. The minimum absolute atomic E-state index is 0.0739. The van der Waals surface area contributed by atoms with Gasteiger partial charge in [0.15, 0.2) is 5.88 Å². The number of carbonyl (C=O) groups is 2. The van der Waals surface area contributed by atoms with Gasteiger partial charge in [0.2, 0.25) is 0 Å². The molecule has 3 rings (SSSR count). The van der Waals surface area contributed by atoms with Crippen LogP contribution in [0.25, 0.3) is 6.08 Å². The third-order valence-corrected chi connectivity index (χ3v) is 5.04. The molecule has 0 aliphatic carbocycles. The molecule has 0 unspecified atom stereocenters. The third kappa shape index (κ3) is 2.79. The summed E-state index contributed by atoms with van der Waals surface area (Å²) < 4.78 is 5.79. The lowest BCUT2D eigenvalue weighted by molar-refractivity contribution is -0.124. The van der Waals surface area contributed by atoms with Crippen LogP contribution in [0.15, 0.2) is 21.5 Å². The summed E-state index contributed by atoms with van der Waals surface area (Å²) in [5.41, 5.74) is 0. The van der Waals surface area contributed by atoms with Crippen molar-refractivity contribution in [3.8, 4) is 0 Å². The summed E-state index contributed by atoms with van der Waals surface area (Å²) in [6, 6.07) is 3.70. The molecule has 22 heavy (non-hydrogen) atoms. The van der Waals surface area contributed by atoms with Crippen LogP contribution in [0.2, 0.25) is 0 Å². The fourth-order valence-corrected chi connectivity index (χ4v) is 3.61. The summed E-state index contributed by atoms with van der Waals surface area (Å²) in [4.78, 5) is 28.3. The van der Waals surface area contributed by atoms with E-state index in [9.17, 15) is 9.59 Å². The molecular formula is C16H20N2O3S. The molecule has 0 radical (unpaired) electrons. The predicted octanol–water partition coefficient (Wildman–Crippen LogP) is 3.71. The summed E-state index contributed by atoms with van der Waals surface area (Å²) in [6.45, 7) is 5.87. The van der Waals surface area contributed by atoms with Crippen LogP contribution in [0.3, 0.4) is 0 Å². The van der Waals surface area contributed by atoms with Gasteiger partial charge >= 0.3 is 0 Å². The first-order chi connectivity index (χ1) is 10.6. The average Bonchev–Trinajstić information content (AvgIpc) is 3.21. The fourth-order valence-electron chi connectivity index (χ4n) is 2.70. The Balaban J connectivity index is 1.78. The number of hydrogen-bond donors (Lipinski definition) is 0. The van der Waals surface area contributed by atoms with Crippen molar-refractivity contribution in [3.63, 3.8) is 0 Å². The van der Waals surface area contributed by atoms with Crippen LogP contribution in [0.1, 0.15) is 38.9 Å². The second-order valence-electron chi connectivity index (χ2n) is 5.68. The van der Waals surface area contributed by atoms with Crippen molar-refractivity contribution >= 4 is 34.9 Å². The van der Waals surface area contributed by atoms with Crippen molar-refractivity contribution in [2.75, 3.05) is 18.0 Å². The lowest BCUT2D eigenvalue weighted by Crippen LogP contribution is -2.36. The number of furan rings is 1. The van der Waals surface area contributed by atoms with E-state index < -0.39 is 0 Å². The van der Waals surface area contributed by atoms with E-state index in [-0.39, 0.29) is 17.2 Å². The lowest BCUT2D eigenvalue weighted by atomic mass is 10.2. The Bertz CT molecular complexity index is 617. The second kappa shape index (κ2) is 6.20. The molecule has 3 heterocycles. The first kappa shape index (κ1) is 15.2. The number of amides is 2. The minimum atomic E-state index is -0.219. The zero-order chi connectivity index (χ0) is 15.7. The van der Waals surface area contributed by atoms with Crippen LogP contribution in [0.5, 0.6) is 0 Å². The first-order valence-electron chi connectivity index (χ1n) is 7.72. The van der Waals surface area contributed by atoms with Gasteiger partial charge in [-0.3, -0.25) is 14.5 Å². The van der Waals surface area contributed by atoms with Gasteiger partial charge in [-0.05, 0) is 44.0 Å². The number of anilines is 1. The molecule has 6 heteroatoms. The normalized spacial score (nSPS) is 22.2. The molecule has 1 aromatic heterocycles. The summed E-state index contributed by atoms with van der Waals surface area (Å²) in [6.07, 6.45) is 4.80. The van der Waals surface area contributed by atoms with Gasteiger partial charge < -0.3 is 9.32 Å². The average molecular weight is 320 g/mol. The van der Waals surface area contributed by atoms with Gasteiger partial charge in [0, 0.05) is 31.3 Å². The number of hydrogen-bond acceptors (Lipinski definition) is 5. The molecular weight excluding hydrogens is 300 g/mol. The van der Waals surface area contributed by atoms with Crippen LogP contribution < -0.4 is 4.90 Å². The quantitative estimate of drug-likeness (QED) is 0.792. The highest BCUT2D eigenvalue weighted by Gasteiger charge is 2.37. The molecule has 2 amide bonds. The van der Waals surface area contributed by atoms with Crippen LogP contribution in [-0.2, 0) is 4.79 Å². The second-order valence-corrected chi connectivity index (χ2v) is 6.67. The van der Waals surface area contributed by atoms with Crippen LogP contribution in [-0.4, -0.2) is 35.2 Å². The number of imide groups is 1. The third-order valence-electron chi connectivity index (χ3n) is 4.16. The monoisotopic (exact) mass is 320 g/mol. The topological polar surface area (TPSA) is 53.8 Å². The smallest absolute Gasteiger partial charge is 0.293 e. The maximum atomic E-state index is 12.3. The molecule has 1 aromatic rings. The molecule has 0 saturated carbocycles. The highest BCUT2D eigenvalue weighted by molar-refractivity contribution is 8.18. The highest BCUT2D eigenvalue weighted by Crippen LogP contribution is 2.35. The Morgan fingerprint density at radius 3 is 2.73 bits per heavy atom. The van der Waals surface area contributed by atoms with Gasteiger partial charge in [0.05, 0.1) is 4.91 Å². The maximum Gasteiger partial charge on any atom is 0.293 e. The van der Waals surface area contributed by atoms with Crippen LogP contribution in [0, 0.1) is 0 Å². The Morgan fingerprint density at radius 1 is 1.32 bits per heavy atom. The van der Waals surface area contributed by atoms with E-state index in [0.29, 0.717) is 10.7 Å². The number of rotatable bonds is 4. The number of nitrogens with zero attached hydrogens (tertiary/aromatic N) is 2. The molecule has 118 valence electrons. The van der Waals surface area contributed by atoms with Gasteiger partial charge in [-0.1, -0.05) is 6.92 Å². The van der Waals surface area contributed by atoms with Crippen molar-refractivity contribution in [3.05, 3.63) is 22.8 Å². The van der Waals surface area contributed by atoms with Crippen molar-refractivity contribution in [2.45, 2.75) is 39.2 Å². The highest BCUT2D eigenvalue weighted by atomic mass is 32.2. The first-order valence-corrected chi connectivity index (χ1v) is 8.53. The Hall–Kier alpha value is -1.69. The molecule has 0 bridgehead atoms. The van der Waals surface area contributed by atoms with Crippen molar-refractivity contribution < 1.29 is 14.0 Å². The Labute approximate surface area is 134 Å². The van der Waals surface area contributed by atoms with Gasteiger partial charge in [0.1, 0.15) is 5.76 Å². The Morgan fingerprint density at radius 2 is 2.05 bits per heavy atom. The van der Waals surface area contributed by atoms with Crippen molar-refractivity contribution in [1.82, 2.24) is 4.90 Å². The van der Waals surface area contributed by atoms with Gasteiger partial charge in [-0.15, -0.1) is 0 Å². The minimum Gasteiger partial charge on any atom is -0.441 e. The molecule has 2 fully saturated rings. The van der Waals surface area contributed by atoms with Gasteiger partial charge in [-0.25, -0.2) is 0 Å². The molecule has 2 aliphatic heterocycles. The molecule has 2 aliphatic rings. The van der Waals surface area contributed by atoms with Gasteiger partial charge in [0.25, 0.3) is 11.1 Å². The molecule has 0 aromatic carbocycles. The molecule has 0 spiro atoms. The van der Waals surface area contributed by atoms with Crippen LogP contribution >= 0.6 is 11.8 Å².